The summed E-state index contributed by atoms with van der Waals surface area (Å²) in [6.07, 6.45) is 7.75. The highest BCUT2D eigenvalue weighted by atomic mass is 127. The molecule has 1 saturated carbocycles. The third kappa shape index (κ3) is 5.25. The Morgan fingerprint density at radius 3 is 2.56 bits per heavy atom. The molecular formula is C20H32IN3O. The van der Waals surface area contributed by atoms with Crippen LogP contribution in [-0.2, 0) is 6.42 Å². The van der Waals surface area contributed by atoms with E-state index in [2.05, 4.69) is 29.3 Å². The van der Waals surface area contributed by atoms with Gasteiger partial charge in [-0.15, -0.1) is 24.0 Å². The van der Waals surface area contributed by atoms with E-state index in [0.29, 0.717) is 5.41 Å². The Morgan fingerprint density at radius 2 is 2.00 bits per heavy atom. The van der Waals surface area contributed by atoms with Crippen LogP contribution in [0, 0.1) is 5.41 Å². The summed E-state index contributed by atoms with van der Waals surface area (Å²) in [5, 5.41) is 3.48. The van der Waals surface area contributed by atoms with Crippen LogP contribution in [0.4, 0.5) is 0 Å². The van der Waals surface area contributed by atoms with Crippen molar-refractivity contribution in [1.82, 2.24) is 10.2 Å². The van der Waals surface area contributed by atoms with Crippen molar-refractivity contribution >= 4 is 29.9 Å². The maximum Gasteiger partial charge on any atom is 0.193 e. The molecule has 0 atom stereocenters. The third-order valence-electron chi connectivity index (χ3n) is 5.53. The van der Waals surface area contributed by atoms with Crippen molar-refractivity contribution < 1.29 is 4.74 Å². The monoisotopic (exact) mass is 457 g/mol. The van der Waals surface area contributed by atoms with Gasteiger partial charge in [0.2, 0.25) is 0 Å². The molecule has 0 unspecified atom stereocenters. The molecule has 0 aromatic heterocycles. The molecule has 1 aromatic carbocycles. The first kappa shape index (κ1) is 20.3. The van der Waals surface area contributed by atoms with Gasteiger partial charge >= 0.3 is 0 Å². The highest BCUT2D eigenvalue weighted by Gasteiger charge is 2.43. The predicted octanol–water partition coefficient (Wildman–Crippen LogP) is 4.09. The van der Waals surface area contributed by atoms with E-state index in [1.807, 2.05) is 12.1 Å². The molecule has 1 spiro atoms. The fourth-order valence-electron chi connectivity index (χ4n) is 3.89. The van der Waals surface area contributed by atoms with Crippen LogP contribution >= 0.6 is 24.0 Å². The van der Waals surface area contributed by atoms with Crippen molar-refractivity contribution in [2.75, 3.05) is 33.3 Å². The Morgan fingerprint density at radius 1 is 1.24 bits per heavy atom. The molecule has 0 bridgehead atoms. The SMILES string of the molecule is CCNC(=NCCCc1ccc(OC)cc1)N1CCC2(CCC2)C1.I. The van der Waals surface area contributed by atoms with Gasteiger partial charge in [0, 0.05) is 26.2 Å². The van der Waals surface area contributed by atoms with Gasteiger partial charge in [-0.3, -0.25) is 4.99 Å². The van der Waals surface area contributed by atoms with Crippen LogP contribution in [0.2, 0.25) is 0 Å². The molecule has 5 heteroatoms. The molecule has 2 fully saturated rings. The number of hydrogen-bond acceptors (Lipinski definition) is 2. The fourth-order valence-corrected chi connectivity index (χ4v) is 3.89. The van der Waals surface area contributed by atoms with E-state index < -0.39 is 0 Å². The average molecular weight is 457 g/mol. The summed E-state index contributed by atoms with van der Waals surface area (Å²) in [7, 11) is 1.71. The minimum absolute atomic E-state index is 0. The number of likely N-dealkylation sites (tertiary alicyclic amines) is 1. The minimum Gasteiger partial charge on any atom is -0.497 e. The van der Waals surface area contributed by atoms with Gasteiger partial charge in [-0.2, -0.15) is 0 Å². The summed E-state index contributed by atoms with van der Waals surface area (Å²) in [4.78, 5) is 7.36. The van der Waals surface area contributed by atoms with E-state index in [9.17, 15) is 0 Å². The molecule has 1 heterocycles. The van der Waals surface area contributed by atoms with Crippen LogP contribution in [0.5, 0.6) is 5.75 Å². The number of hydrogen-bond donors (Lipinski definition) is 1. The van der Waals surface area contributed by atoms with Gasteiger partial charge in [-0.1, -0.05) is 18.6 Å². The van der Waals surface area contributed by atoms with Crippen molar-refractivity contribution in [2.45, 2.75) is 45.4 Å². The van der Waals surface area contributed by atoms with Crippen LogP contribution < -0.4 is 10.1 Å². The lowest BCUT2D eigenvalue weighted by Crippen LogP contribution is -2.42. The highest BCUT2D eigenvalue weighted by molar-refractivity contribution is 14.0. The van der Waals surface area contributed by atoms with Crippen LogP contribution in [0.15, 0.2) is 29.3 Å². The number of nitrogens with zero attached hydrogens (tertiary/aromatic N) is 2. The summed E-state index contributed by atoms with van der Waals surface area (Å²) < 4.78 is 5.21. The van der Waals surface area contributed by atoms with Crippen molar-refractivity contribution in [3.63, 3.8) is 0 Å². The molecule has 140 valence electrons. The molecule has 3 rings (SSSR count). The van der Waals surface area contributed by atoms with E-state index in [-0.39, 0.29) is 24.0 Å². The molecule has 4 nitrogen and oxygen atoms in total. The Balaban J connectivity index is 0.00000225. The Hall–Kier alpha value is -0.980. The quantitative estimate of drug-likeness (QED) is 0.303. The zero-order valence-electron chi connectivity index (χ0n) is 15.6. The number of aryl methyl sites for hydroxylation is 1. The number of guanidine groups is 1. The summed E-state index contributed by atoms with van der Waals surface area (Å²) in [5.74, 6) is 2.04. The second-order valence-corrected chi connectivity index (χ2v) is 7.21. The maximum atomic E-state index is 5.21. The van der Waals surface area contributed by atoms with Crippen LogP contribution in [0.3, 0.4) is 0 Å². The minimum atomic E-state index is 0. The topological polar surface area (TPSA) is 36.9 Å². The first-order valence-electron chi connectivity index (χ1n) is 9.41. The van der Waals surface area contributed by atoms with E-state index in [1.54, 1.807) is 7.11 Å². The maximum absolute atomic E-state index is 5.21. The Kier molecular flexibility index (Phi) is 7.84. The standard InChI is InChI=1S/C20H31N3O.HI/c1-3-21-19(23-15-13-20(16-23)11-5-12-20)22-14-4-6-17-7-9-18(24-2)10-8-17;/h7-10H,3-6,11-16H2,1-2H3,(H,21,22);1H. The first-order valence-corrected chi connectivity index (χ1v) is 9.41. The molecule has 1 aromatic rings. The molecule has 0 radical (unpaired) electrons. The lowest BCUT2D eigenvalue weighted by Gasteiger charge is -2.38. The van der Waals surface area contributed by atoms with E-state index >= 15 is 0 Å². The summed E-state index contributed by atoms with van der Waals surface area (Å²) in [5.41, 5.74) is 1.98. The highest BCUT2D eigenvalue weighted by Crippen LogP contribution is 2.47. The molecule has 1 aliphatic heterocycles. The third-order valence-corrected chi connectivity index (χ3v) is 5.53. The largest absolute Gasteiger partial charge is 0.497 e. The van der Waals surface area contributed by atoms with E-state index in [1.165, 1.54) is 44.3 Å². The van der Waals surface area contributed by atoms with E-state index in [0.717, 1.165) is 37.6 Å². The van der Waals surface area contributed by atoms with E-state index in [4.69, 9.17) is 9.73 Å². The Bertz CT molecular complexity index is 555. The van der Waals surface area contributed by atoms with Gasteiger partial charge in [0.25, 0.3) is 0 Å². The number of methoxy groups -OCH3 is 1. The van der Waals surface area contributed by atoms with Crippen molar-refractivity contribution in [2.24, 2.45) is 10.4 Å². The van der Waals surface area contributed by atoms with Gasteiger partial charge < -0.3 is 15.0 Å². The van der Waals surface area contributed by atoms with Gasteiger partial charge in [0.1, 0.15) is 5.75 Å². The molecule has 0 amide bonds. The summed E-state index contributed by atoms with van der Waals surface area (Å²) >= 11 is 0. The number of rotatable bonds is 6. The average Bonchev–Trinajstić information content (AvgIpc) is 3.04. The van der Waals surface area contributed by atoms with Gasteiger partial charge in [-0.05, 0) is 62.1 Å². The number of ether oxygens (including phenoxy) is 1. The number of benzene rings is 1. The Labute approximate surface area is 169 Å². The lowest BCUT2D eigenvalue weighted by molar-refractivity contribution is 0.151. The van der Waals surface area contributed by atoms with Crippen LogP contribution in [-0.4, -0.2) is 44.1 Å². The number of aliphatic imine (C=N–C) groups is 1. The van der Waals surface area contributed by atoms with Crippen molar-refractivity contribution in [1.29, 1.82) is 0 Å². The van der Waals surface area contributed by atoms with Crippen LogP contribution in [0.1, 0.15) is 44.6 Å². The second kappa shape index (κ2) is 9.64. The smallest absolute Gasteiger partial charge is 0.193 e. The molecule has 2 aliphatic rings. The molecule has 25 heavy (non-hydrogen) atoms. The lowest BCUT2D eigenvalue weighted by atomic mass is 9.68. The van der Waals surface area contributed by atoms with Crippen LogP contribution in [0.25, 0.3) is 0 Å². The predicted molar refractivity (Wildman–Crippen MR) is 115 cm³/mol. The van der Waals surface area contributed by atoms with Gasteiger partial charge in [0.05, 0.1) is 7.11 Å². The zero-order valence-corrected chi connectivity index (χ0v) is 17.9. The first-order chi connectivity index (χ1) is 11.7. The summed E-state index contributed by atoms with van der Waals surface area (Å²) in [6.45, 7) is 6.36. The van der Waals surface area contributed by atoms with Crippen molar-refractivity contribution in [3.05, 3.63) is 29.8 Å². The van der Waals surface area contributed by atoms with Crippen molar-refractivity contribution in [3.8, 4) is 5.75 Å². The second-order valence-electron chi connectivity index (χ2n) is 7.21. The number of nitrogens with one attached hydrogen (secondary N) is 1. The number of halogens is 1. The molecule has 1 saturated heterocycles. The van der Waals surface area contributed by atoms with Gasteiger partial charge in [-0.25, -0.2) is 0 Å². The molecule has 1 aliphatic carbocycles. The molecule has 1 N–H and O–H groups in total. The fraction of sp³-hybridized carbons (Fsp3) is 0.650. The molecular weight excluding hydrogens is 425 g/mol. The zero-order chi connectivity index (χ0) is 16.8. The normalized spacial score (nSPS) is 18.6. The summed E-state index contributed by atoms with van der Waals surface area (Å²) in [6, 6.07) is 8.36. The van der Waals surface area contributed by atoms with Gasteiger partial charge in [0.15, 0.2) is 5.96 Å².